The Morgan fingerprint density at radius 3 is 2.50 bits per heavy atom. The van der Waals surface area contributed by atoms with E-state index in [4.69, 9.17) is 0 Å². The van der Waals surface area contributed by atoms with Crippen LogP contribution in [0.15, 0.2) is 36.5 Å². The van der Waals surface area contributed by atoms with Crippen molar-refractivity contribution in [2.45, 2.75) is 40.2 Å². The number of nitrogens with one attached hydrogen (secondary N) is 1. The Morgan fingerprint density at radius 2 is 1.85 bits per heavy atom. The lowest BCUT2D eigenvalue weighted by Gasteiger charge is -2.19. The Morgan fingerprint density at radius 1 is 1.05 bits per heavy atom. The Bertz CT molecular complexity index is 575. The number of hydrogen-bond acceptors (Lipinski definition) is 2. The van der Waals surface area contributed by atoms with Gasteiger partial charge in [-0.2, -0.15) is 0 Å². The van der Waals surface area contributed by atoms with Gasteiger partial charge in [0.05, 0.1) is 11.7 Å². The standard InChI is InChI=1S/C18H24N2/c1-5-19-17(18-14(3)7-6-10-20-18)12-16-9-8-13(2)15(4)11-16/h6-11,17,19H,5,12H2,1-4H3. The monoisotopic (exact) mass is 268 g/mol. The van der Waals surface area contributed by atoms with Crippen molar-refractivity contribution in [3.05, 3.63) is 64.5 Å². The van der Waals surface area contributed by atoms with E-state index in [1.807, 2.05) is 12.3 Å². The SMILES string of the molecule is CCNC(Cc1ccc(C)c(C)c1)c1ncccc1C. The maximum Gasteiger partial charge on any atom is 0.0605 e. The van der Waals surface area contributed by atoms with E-state index < -0.39 is 0 Å². The van der Waals surface area contributed by atoms with Crippen molar-refractivity contribution in [3.8, 4) is 0 Å². The first-order valence-corrected chi connectivity index (χ1v) is 7.32. The van der Waals surface area contributed by atoms with Crippen molar-refractivity contribution in [3.63, 3.8) is 0 Å². The van der Waals surface area contributed by atoms with E-state index in [-0.39, 0.29) is 6.04 Å². The third-order valence-electron chi connectivity index (χ3n) is 3.84. The molecule has 20 heavy (non-hydrogen) atoms. The van der Waals surface area contributed by atoms with E-state index in [1.54, 1.807) is 0 Å². The quantitative estimate of drug-likeness (QED) is 0.889. The molecule has 2 heteroatoms. The van der Waals surface area contributed by atoms with Gasteiger partial charge in [0.25, 0.3) is 0 Å². The Hall–Kier alpha value is -1.67. The van der Waals surface area contributed by atoms with Gasteiger partial charge in [0.15, 0.2) is 0 Å². The average molecular weight is 268 g/mol. The van der Waals surface area contributed by atoms with Crippen molar-refractivity contribution < 1.29 is 0 Å². The summed E-state index contributed by atoms with van der Waals surface area (Å²) in [6.45, 7) is 9.56. The normalized spacial score (nSPS) is 12.4. The summed E-state index contributed by atoms with van der Waals surface area (Å²) in [6.07, 6.45) is 2.86. The van der Waals surface area contributed by atoms with Crippen LogP contribution < -0.4 is 5.32 Å². The van der Waals surface area contributed by atoms with E-state index in [9.17, 15) is 0 Å². The average Bonchev–Trinajstić information content (AvgIpc) is 2.43. The molecule has 2 aromatic rings. The smallest absolute Gasteiger partial charge is 0.0605 e. The molecule has 0 amide bonds. The fourth-order valence-electron chi connectivity index (χ4n) is 2.54. The van der Waals surface area contributed by atoms with Crippen LogP contribution in [-0.2, 0) is 6.42 Å². The summed E-state index contributed by atoms with van der Waals surface area (Å²) in [7, 11) is 0. The van der Waals surface area contributed by atoms with E-state index >= 15 is 0 Å². The third-order valence-corrected chi connectivity index (χ3v) is 3.84. The van der Waals surface area contributed by atoms with Gasteiger partial charge < -0.3 is 5.32 Å². The lowest BCUT2D eigenvalue weighted by atomic mass is 9.97. The molecule has 1 atom stereocenters. The van der Waals surface area contributed by atoms with Crippen molar-refractivity contribution in [2.24, 2.45) is 0 Å². The highest BCUT2D eigenvalue weighted by atomic mass is 14.9. The summed E-state index contributed by atoms with van der Waals surface area (Å²) in [4.78, 5) is 4.57. The van der Waals surface area contributed by atoms with Crippen LogP contribution in [-0.4, -0.2) is 11.5 Å². The number of likely N-dealkylation sites (N-methyl/N-ethyl adjacent to an activating group) is 1. The van der Waals surface area contributed by atoms with Gasteiger partial charge >= 0.3 is 0 Å². The molecule has 0 aliphatic heterocycles. The lowest BCUT2D eigenvalue weighted by molar-refractivity contribution is 0.534. The van der Waals surface area contributed by atoms with Crippen molar-refractivity contribution in [2.75, 3.05) is 6.54 Å². The molecule has 2 nitrogen and oxygen atoms in total. The van der Waals surface area contributed by atoms with Gasteiger partial charge in [0.1, 0.15) is 0 Å². The van der Waals surface area contributed by atoms with Gasteiger partial charge in [0.2, 0.25) is 0 Å². The van der Waals surface area contributed by atoms with Gasteiger partial charge in [-0.25, -0.2) is 0 Å². The Balaban J connectivity index is 2.25. The van der Waals surface area contributed by atoms with Crippen molar-refractivity contribution >= 4 is 0 Å². The summed E-state index contributed by atoms with van der Waals surface area (Å²) in [6, 6.07) is 11.1. The highest BCUT2D eigenvalue weighted by molar-refractivity contribution is 5.32. The minimum Gasteiger partial charge on any atom is -0.309 e. The minimum atomic E-state index is 0.281. The van der Waals surface area contributed by atoms with Gasteiger partial charge in [-0.1, -0.05) is 31.2 Å². The van der Waals surface area contributed by atoms with Crippen LogP contribution in [0.1, 0.15) is 40.9 Å². The lowest BCUT2D eigenvalue weighted by Crippen LogP contribution is -2.24. The van der Waals surface area contributed by atoms with E-state index in [0.29, 0.717) is 0 Å². The molecule has 1 aromatic heterocycles. The first kappa shape index (κ1) is 14.7. The second-order valence-corrected chi connectivity index (χ2v) is 5.44. The molecule has 1 unspecified atom stereocenters. The molecule has 2 rings (SSSR count). The number of hydrogen-bond donors (Lipinski definition) is 1. The topological polar surface area (TPSA) is 24.9 Å². The molecular formula is C18H24N2. The molecule has 0 bridgehead atoms. The molecule has 0 fully saturated rings. The zero-order chi connectivity index (χ0) is 14.5. The number of nitrogens with zero attached hydrogens (tertiary/aromatic N) is 1. The molecule has 0 spiro atoms. The second kappa shape index (κ2) is 6.67. The summed E-state index contributed by atoms with van der Waals surface area (Å²) < 4.78 is 0. The van der Waals surface area contributed by atoms with E-state index in [1.165, 1.54) is 22.3 Å². The van der Waals surface area contributed by atoms with Crippen LogP contribution in [0, 0.1) is 20.8 Å². The highest BCUT2D eigenvalue weighted by Crippen LogP contribution is 2.21. The molecule has 0 aliphatic carbocycles. The molecule has 0 saturated heterocycles. The number of pyridine rings is 1. The summed E-state index contributed by atoms with van der Waals surface area (Å²) in [5, 5.41) is 3.56. The maximum absolute atomic E-state index is 4.57. The first-order valence-electron chi connectivity index (χ1n) is 7.32. The summed E-state index contributed by atoms with van der Waals surface area (Å²) >= 11 is 0. The Labute approximate surface area is 122 Å². The van der Waals surface area contributed by atoms with Crippen LogP contribution in [0.2, 0.25) is 0 Å². The Kier molecular flexibility index (Phi) is 4.91. The molecule has 106 valence electrons. The minimum absolute atomic E-state index is 0.281. The van der Waals surface area contributed by atoms with Crippen LogP contribution in [0.4, 0.5) is 0 Å². The predicted octanol–water partition coefficient (Wildman–Crippen LogP) is 3.90. The van der Waals surface area contributed by atoms with E-state index in [0.717, 1.165) is 18.7 Å². The first-order chi connectivity index (χ1) is 9.61. The van der Waals surface area contributed by atoms with Crippen molar-refractivity contribution in [1.29, 1.82) is 0 Å². The zero-order valence-electron chi connectivity index (χ0n) is 12.9. The third kappa shape index (κ3) is 3.45. The second-order valence-electron chi connectivity index (χ2n) is 5.44. The van der Waals surface area contributed by atoms with Crippen LogP contribution >= 0.6 is 0 Å². The highest BCUT2D eigenvalue weighted by Gasteiger charge is 2.14. The molecule has 0 saturated carbocycles. The van der Waals surface area contributed by atoms with Crippen LogP contribution in [0.3, 0.4) is 0 Å². The van der Waals surface area contributed by atoms with E-state index in [2.05, 4.69) is 62.3 Å². The number of rotatable bonds is 5. The number of aromatic nitrogens is 1. The van der Waals surface area contributed by atoms with Gasteiger partial charge in [0, 0.05) is 6.20 Å². The molecule has 1 N–H and O–H groups in total. The molecular weight excluding hydrogens is 244 g/mol. The number of aryl methyl sites for hydroxylation is 3. The predicted molar refractivity (Wildman–Crippen MR) is 85.0 cm³/mol. The van der Waals surface area contributed by atoms with Crippen LogP contribution in [0.25, 0.3) is 0 Å². The zero-order valence-corrected chi connectivity index (χ0v) is 12.9. The van der Waals surface area contributed by atoms with Crippen molar-refractivity contribution in [1.82, 2.24) is 10.3 Å². The van der Waals surface area contributed by atoms with Gasteiger partial charge in [-0.05, 0) is 62.1 Å². The van der Waals surface area contributed by atoms with Gasteiger partial charge in [-0.3, -0.25) is 4.98 Å². The summed E-state index contributed by atoms with van der Waals surface area (Å²) in [5.74, 6) is 0. The molecule has 0 aliphatic rings. The van der Waals surface area contributed by atoms with Crippen LogP contribution in [0.5, 0.6) is 0 Å². The van der Waals surface area contributed by atoms with Gasteiger partial charge in [-0.15, -0.1) is 0 Å². The summed E-state index contributed by atoms with van der Waals surface area (Å²) in [5.41, 5.74) is 6.48. The molecule has 0 radical (unpaired) electrons. The molecule has 1 aromatic carbocycles. The molecule has 1 heterocycles. The fraction of sp³-hybridized carbons (Fsp3) is 0.389. The largest absolute Gasteiger partial charge is 0.309 e. The maximum atomic E-state index is 4.57. The fourth-order valence-corrected chi connectivity index (χ4v) is 2.54. The number of benzene rings is 1.